The van der Waals surface area contributed by atoms with Gasteiger partial charge in [0.25, 0.3) is 0 Å². The number of benzene rings is 2. The highest BCUT2D eigenvalue weighted by atomic mass is 35.5. The van der Waals surface area contributed by atoms with Crippen molar-refractivity contribution in [1.29, 1.82) is 0 Å². The van der Waals surface area contributed by atoms with E-state index in [1.54, 1.807) is 48.5 Å². The molecule has 0 aliphatic rings. The van der Waals surface area contributed by atoms with Gasteiger partial charge in [0.2, 0.25) is 15.9 Å². The SMILES string of the molecule is CN(CC(=O)Nc1ccccc1Cl)S(=O)(=O)c1ccc(C(C)(C)C)cc1. The highest BCUT2D eigenvalue weighted by Gasteiger charge is 2.24. The van der Waals surface area contributed by atoms with Crippen LogP contribution >= 0.6 is 11.6 Å². The smallest absolute Gasteiger partial charge is 0.243 e. The van der Waals surface area contributed by atoms with E-state index in [2.05, 4.69) is 26.1 Å². The molecule has 0 heterocycles. The van der Waals surface area contributed by atoms with E-state index in [0.29, 0.717) is 10.7 Å². The van der Waals surface area contributed by atoms with Crippen LogP contribution in [0.1, 0.15) is 26.3 Å². The van der Waals surface area contributed by atoms with E-state index in [9.17, 15) is 13.2 Å². The standard InChI is InChI=1S/C19H23ClN2O3S/c1-19(2,3)14-9-11-15(12-10-14)26(24,25)22(4)13-18(23)21-17-8-6-5-7-16(17)20/h5-12H,13H2,1-4H3,(H,21,23). The molecule has 7 heteroatoms. The molecule has 26 heavy (non-hydrogen) atoms. The molecule has 0 spiro atoms. The lowest BCUT2D eigenvalue weighted by Gasteiger charge is -2.20. The van der Waals surface area contributed by atoms with Crippen molar-refractivity contribution >= 4 is 33.2 Å². The minimum Gasteiger partial charge on any atom is -0.324 e. The van der Waals surface area contributed by atoms with Crippen LogP contribution in [0, 0.1) is 0 Å². The first kappa shape index (κ1) is 20.4. The molecule has 1 N–H and O–H groups in total. The zero-order valence-electron chi connectivity index (χ0n) is 15.3. The second-order valence-electron chi connectivity index (χ2n) is 7.06. The van der Waals surface area contributed by atoms with Crippen LogP contribution in [0.15, 0.2) is 53.4 Å². The zero-order valence-corrected chi connectivity index (χ0v) is 16.9. The van der Waals surface area contributed by atoms with Gasteiger partial charge in [-0.15, -0.1) is 0 Å². The number of para-hydroxylation sites is 1. The number of hydrogen-bond donors (Lipinski definition) is 1. The Labute approximate surface area is 160 Å². The Morgan fingerprint density at radius 3 is 2.19 bits per heavy atom. The average Bonchev–Trinajstić information content (AvgIpc) is 2.56. The van der Waals surface area contributed by atoms with Crippen LogP contribution < -0.4 is 5.32 Å². The first-order valence-corrected chi connectivity index (χ1v) is 9.95. The maximum Gasteiger partial charge on any atom is 0.243 e. The molecule has 0 saturated heterocycles. The third-order valence-electron chi connectivity index (χ3n) is 3.94. The minimum absolute atomic E-state index is 0.0664. The van der Waals surface area contributed by atoms with Crippen molar-refractivity contribution in [3.63, 3.8) is 0 Å². The third kappa shape index (κ3) is 4.84. The maximum absolute atomic E-state index is 12.7. The fourth-order valence-corrected chi connectivity index (χ4v) is 3.66. The van der Waals surface area contributed by atoms with Crippen LogP contribution in [-0.4, -0.2) is 32.2 Å². The van der Waals surface area contributed by atoms with Crippen LogP contribution in [0.4, 0.5) is 5.69 Å². The quantitative estimate of drug-likeness (QED) is 0.836. The Morgan fingerprint density at radius 1 is 1.08 bits per heavy atom. The number of carbonyl (C=O) groups excluding carboxylic acids is 1. The summed E-state index contributed by atoms with van der Waals surface area (Å²) in [5.74, 6) is -0.463. The minimum atomic E-state index is -3.76. The zero-order chi connectivity index (χ0) is 19.5. The Balaban J connectivity index is 2.11. The molecule has 5 nitrogen and oxygen atoms in total. The molecule has 0 saturated carbocycles. The second-order valence-corrected chi connectivity index (χ2v) is 9.52. The number of hydrogen-bond acceptors (Lipinski definition) is 3. The molecule has 0 fully saturated rings. The van der Waals surface area contributed by atoms with Crippen molar-refractivity contribution in [3.05, 3.63) is 59.1 Å². The predicted octanol–water partition coefficient (Wildman–Crippen LogP) is 3.90. The number of amides is 1. The number of sulfonamides is 1. The van der Waals surface area contributed by atoms with Gasteiger partial charge in [0.15, 0.2) is 0 Å². The summed E-state index contributed by atoms with van der Waals surface area (Å²) in [7, 11) is -2.39. The first-order valence-electron chi connectivity index (χ1n) is 8.13. The summed E-state index contributed by atoms with van der Waals surface area (Å²) in [6.45, 7) is 5.86. The summed E-state index contributed by atoms with van der Waals surface area (Å²) in [5.41, 5.74) is 1.42. The number of halogens is 1. The maximum atomic E-state index is 12.7. The second kappa shape index (κ2) is 7.78. The van der Waals surface area contributed by atoms with Gasteiger partial charge in [0.1, 0.15) is 0 Å². The molecule has 0 aromatic heterocycles. The Kier molecular flexibility index (Phi) is 6.11. The van der Waals surface area contributed by atoms with Gasteiger partial charge in [0, 0.05) is 7.05 Å². The van der Waals surface area contributed by atoms with E-state index in [1.165, 1.54) is 7.05 Å². The number of anilines is 1. The van der Waals surface area contributed by atoms with Gasteiger partial charge in [-0.05, 0) is 35.2 Å². The average molecular weight is 395 g/mol. The van der Waals surface area contributed by atoms with Crippen LogP contribution in [0.2, 0.25) is 5.02 Å². The Morgan fingerprint density at radius 2 is 1.65 bits per heavy atom. The Hall–Kier alpha value is -1.89. The number of rotatable bonds is 5. The van der Waals surface area contributed by atoms with Gasteiger partial charge in [-0.25, -0.2) is 8.42 Å². The lowest BCUT2D eigenvalue weighted by molar-refractivity contribution is -0.116. The molecule has 140 valence electrons. The van der Waals surface area contributed by atoms with E-state index in [4.69, 9.17) is 11.6 Å². The van der Waals surface area contributed by atoms with Gasteiger partial charge < -0.3 is 5.32 Å². The molecular formula is C19H23ClN2O3S. The fourth-order valence-electron chi connectivity index (χ4n) is 2.35. The first-order chi connectivity index (χ1) is 12.0. The van der Waals surface area contributed by atoms with Crippen molar-refractivity contribution in [2.75, 3.05) is 18.9 Å². The molecule has 0 bridgehead atoms. The molecule has 2 rings (SSSR count). The van der Waals surface area contributed by atoms with Gasteiger partial charge >= 0.3 is 0 Å². The molecule has 0 atom stereocenters. The van der Waals surface area contributed by atoms with Gasteiger partial charge in [-0.2, -0.15) is 4.31 Å². The largest absolute Gasteiger partial charge is 0.324 e. The topological polar surface area (TPSA) is 66.5 Å². The molecule has 0 aliphatic heterocycles. The number of nitrogens with zero attached hydrogens (tertiary/aromatic N) is 1. The monoisotopic (exact) mass is 394 g/mol. The highest BCUT2D eigenvalue weighted by Crippen LogP contribution is 2.24. The summed E-state index contributed by atoms with van der Waals surface area (Å²) in [6, 6.07) is 13.5. The van der Waals surface area contributed by atoms with E-state index >= 15 is 0 Å². The molecular weight excluding hydrogens is 372 g/mol. The van der Waals surface area contributed by atoms with Crippen LogP contribution in [0.5, 0.6) is 0 Å². The molecule has 0 unspecified atom stereocenters. The van der Waals surface area contributed by atoms with Crippen LogP contribution in [0.25, 0.3) is 0 Å². The van der Waals surface area contributed by atoms with E-state index in [1.807, 2.05) is 0 Å². The van der Waals surface area contributed by atoms with E-state index in [-0.39, 0.29) is 16.9 Å². The summed E-state index contributed by atoms with van der Waals surface area (Å²) >= 11 is 6.00. The van der Waals surface area contributed by atoms with Crippen molar-refractivity contribution in [2.24, 2.45) is 0 Å². The lowest BCUT2D eigenvalue weighted by Crippen LogP contribution is -2.35. The van der Waals surface area contributed by atoms with Gasteiger partial charge in [-0.3, -0.25) is 4.79 Å². The van der Waals surface area contributed by atoms with Crippen molar-refractivity contribution in [2.45, 2.75) is 31.1 Å². The van der Waals surface area contributed by atoms with Gasteiger partial charge in [0.05, 0.1) is 22.2 Å². The highest BCUT2D eigenvalue weighted by molar-refractivity contribution is 7.89. The van der Waals surface area contributed by atoms with Gasteiger partial charge in [-0.1, -0.05) is 56.6 Å². The predicted molar refractivity (Wildman–Crippen MR) is 105 cm³/mol. The van der Waals surface area contributed by atoms with Crippen LogP contribution in [0.3, 0.4) is 0 Å². The molecule has 2 aromatic rings. The third-order valence-corrected chi connectivity index (χ3v) is 6.09. The summed E-state index contributed by atoms with van der Waals surface area (Å²) < 4.78 is 26.4. The van der Waals surface area contributed by atoms with E-state index < -0.39 is 15.9 Å². The molecule has 0 aliphatic carbocycles. The summed E-state index contributed by atoms with van der Waals surface area (Å²) in [4.78, 5) is 12.3. The number of nitrogens with one attached hydrogen (secondary N) is 1. The van der Waals surface area contributed by atoms with Crippen molar-refractivity contribution in [3.8, 4) is 0 Å². The van der Waals surface area contributed by atoms with Crippen molar-refractivity contribution in [1.82, 2.24) is 4.31 Å². The van der Waals surface area contributed by atoms with Crippen molar-refractivity contribution < 1.29 is 13.2 Å². The fraction of sp³-hybridized carbons (Fsp3) is 0.316. The number of carbonyl (C=O) groups is 1. The van der Waals surface area contributed by atoms with Crippen LogP contribution in [-0.2, 0) is 20.2 Å². The summed E-state index contributed by atoms with van der Waals surface area (Å²) in [5, 5.41) is 3.01. The molecule has 1 amide bonds. The number of likely N-dealkylation sites (N-methyl/N-ethyl adjacent to an activating group) is 1. The summed E-state index contributed by atoms with van der Waals surface area (Å²) in [6.07, 6.45) is 0. The lowest BCUT2D eigenvalue weighted by atomic mass is 9.87. The molecule has 2 aromatic carbocycles. The Bertz CT molecular complexity index is 888. The van der Waals surface area contributed by atoms with E-state index in [0.717, 1.165) is 9.87 Å². The normalized spacial score (nSPS) is 12.2. The molecule has 0 radical (unpaired) electrons.